The van der Waals surface area contributed by atoms with Crippen LogP contribution in [0.4, 0.5) is 5.69 Å². The van der Waals surface area contributed by atoms with Gasteiger partial charge in [-0.2, -0.15) is 0 Å². The Labute approximate surface area is 126 Å². The van der Waals surface area contributed by atoms with Gasteiger partial charge in [0, 0.05) is 11.6 Å². The van der Waals surface area contributed by atoms with Gasteiger partial charge < -0.3 is 10.4 Å². The van der Waals surface area contributed by atoms with E-state index in [-0.39, 0.29) is 5.91 Å². The molecule has 0 saturated carbocycles. The van der Waals surface area contributed by atoms with Crippen molar-refractivity contribution in [2.45, 2.75) is 46.5 Å². The second-order valence-electron chi connectivity index (χ2n) is 5.56. The molecule has 0 aliphatic heterocycles. The van der Waals surface area contributed by atoms with Gasteiger partial charge in [0.05, 0.1) is 5.92 Å². The molecule has 2 N–H and O–H groups in total. The molecule has 0 spiro atoms. The van der Waals surface area contributed by atoms with E-state index < -0.39 is 17.8 Å². The zero-order chi connectivity index (χ0) is 15.8. The fraction of sp³-hybridized carbons (Fsp3) is 0.529. The minimum Gasteiger partial charge on any atom is -0.481 e. The summed E-state index contributed by atoms with van der Waals surface area (Å²) in [6.45, 7) is 5.36. The van der Waals surface area contributed by atoms with Crippen LogP contribution >= 0.6 is 0 Å². The van der Waals surface area contributed by atoms with Crippen molar-refractivity contribution in [3.63, 3.8) is 0 Å². The Balaban J connectivity index is 2.55. The highest BCUT2D eigenvalue weighted by atomic mass is 16.4. The maximum atomic E-state index is 12.0. The number of nitrogens with one attached hydrogen (secondary N) is 1. The summed E-state index contributed by atoms with van der Waals surface area (Å²) in [7, 11) is 0. The predicted octanol–water partition coefficient (Wildman–Crippen LogP) is 3.71. The Morgan fingerprint density at radius 1 is 1.10 bits per heavy atom. The molecule has 0 aromatic heterocycles. The number of carbonyl (C=O) groups excluding carboxylic acids is 1. The van der Waals surface area contributed by atoms with Crippen LogP contribution in [0.3, 0.4) is 0 Å². The molecule has 21 heavy (non-hydrogen) atoms. The minimum atomic E-state index is -0.955. The number of unbranched alkanes of at least 4 members (excludes halogenated alkanes) is 2. The molecule has 0 bridgehead atoms. The van der Waals surface area contributed by atoms with Crippen molar-refractivity contribution in [3.05, 3.63) is 29.8 Å². The molecule has 0 aliphatic rings. The highest BCUT2D eigenvalue weighted by Crippen LogP contribution is 2.16. The van der Waals surface area contributed by atoms with Crippen LogP contribution in [0.1, 0.15) is 45.6 Å². The first-order valence-electron chi connectivity index (χ1n) is 7.58. The number of hydrogen-bond donors (Lipinski definition) is 2. The first-order valence-corrected chi connectivity index (χ1v) is 7.58. The number of benzene rings is 1. The molecule has 1 aromatic rings. The van der Waals surface area contributed by atoms with E-state index in [0.29, 0.717) is 5.69 Å². The number of aryl methyl sites for hydroxylation is 1. The van der Waals surface area contributed by atoms with E-state index in [4.69, 9.17) is 5.11 Å². The van der Waals surface area contributed by atoms with E-state index in [1.165, 1.54) is 24.8 Å². The van der Waals surface area contributed by atoms with Gasteiger partial charge in [-0.15, -0.1) is 0 Å². The summed E-state index contributed by atoms with van der Waals surface area (Å²) in [5.41, 5.74) is 1.97. The number of amides is 1. The van der Waals surface area contributed by atoms with Crippen LogP contribution in [-0.4, -0.2) is 17.0 Å². The lowest BCUT2D eigenvalue weighted by Crippen LogP contribution is -2.29. The van der Waals surface area contributed by atoms with Crippen molar-refractivity contribution in [2.24, 2.45) is 11.8 Å². The normalized spacial score (nSPS) is 13.5. The molecule has 2 unspecified atom stereocenters. The van der Waals surface area contributed by atoms with Gasteiger partial charge in [0.15, 0.2) is 0 Å². The van der Waals surface area contributed by atoms with Gasteiger partial charge in [-0.1, -0.05) is 45.7 Å². The largest absolute Gasteiger partial charge is 0.481 e. The summed E-state index contributed by atoms with van der Waals surface area (Å²) >= 11 is 0. The summed E-state index contributed by atoms with van der Waals surface area (Å²) in [6, 6.07) is 7.77. The molecule has 1 aromatic carbocycles. The second kappa shape index (κ2) is 8.45. The molecule has 0 radical (unpaired) electrons. The molecular formula is C17H25NO3. The topological polar surface area (TPSA) is 66.4 Å². The quantitative estimate of drug-likeness (QED) is 0.717. The summed E-state index contributed by atoms with van der Waals surface area (Å²) in [6.07, 6.45) is 4.65. The maximum absolute atomic E-state index is 12.0. The Hall–Kier alpha value is -1.84. The van der Waals surface area contributed by atoms with Crippen LogP contribution < -0.4 is 5.32 Å². The summed E-state index contributed by atoms with van der Waals surface area (Å²) < 4.78 is 0. The molecule has 4 nitrogen and oxygen atoms in total. The molecule has 1 amide bonds. The first-order chi connectivity index (χ1) is 9.95. The van der Waals surface area contributed by atoms with E-state index in [1.54, 1.807) is 13.8 Å². The first kappa shape index (κ1) is 17.2. The van der Waals surface area contributed by atoms with Crippen molar-refractivity contribution in [3.8, 4) is 0 Å². The fourth-order valence-electron chi connectivity index (χ4n) is 2.03. The van der Waals surface area contributed by atoms with E-state index in [1.807, 2.05) is 24.3 Å². The number of rotatable bonds is 8. The molecule has 0 saturated heterocycles. The van der Waals surface area contributed by atoms with Crippen LogP contribution in [0, 0.1) is 11.8 Å². The van der Waals surface area contributed by atoms with Gasteiger partial charge in [0.1, 0.15) is 0 Å². The predicted molar refractivity (Wildman–Crippen MR) is 84.3 cm³/mol. The maximum Gasteiger partial charge on any atom is 0.307 e. The van der Waals surface area contributed by atoms with Gasteiger partial charge in [-0.3, -0.25) is 9.59 Å². The second-order valence-corrected chi connectivity index (χ2v) is 5.56. The van der Waals surface area contributed by atoms with E-state index >= 15 is 0 Å². The van der Waals surface area contributed by atoms with Crippen LogP contribution in [0.5, 0.6) is 0 Å². The standard InChI is InChI=1S/C17H25NO3/c1-4-5-6-7-14-8-10-15(11-9-14)18-16(19)12(2)13(3)17(20)21/h8-13H,4-7H2,1-3H3,(H,18,19)(H,20,21). The summed E-state index contributed by atoms with van der Waals surface area (Å²) in [4.78, 5) is 22.9. The molecular weight excluding hydrogens is 266 g/mol. The third kappa shape index (κ3) is 5.58. The molecule has 0 aliphatic carbocycles. The van der Waals surface area contributed by atoms with Crippen molar-refractivity contribution < 1.29 is 14.7 Å². The number of aliphatic carboxylic acids is 1. The molecule has 116 valence electrons. The third-order valence-electron chi connectivity index (χ3n) is 3.84. The van der Waals surface area contributed by atoms with Gasteiger partial charge >= 0.3 is 5.97 Å². The van der Waals surface area contributed by atoms with E-state index in [9.17, 15) is 9.59 Å². The third-order valence-corrected chi connectivity index (χ3v) is 3.84. The van der Waals surface area contributed by atoms with Crippen LogP contribution in [-0.2, 0) is 16.0 Å². The number of carboxylic acids is 1. The zero-order valence-electron chi connectivity index (χ0n) is 13.1. The SMILES string of the molecule is CCCCCc1ccc(NC(=O)C(C)C(C)C(=O)O)cc1. The van der Waals surface area contributed by atoms with Crippen LogP contribution in [0.2, 0.25) is 0 Å². The smallest absolute Gasteiger partial charge is 0.307 e. The van der Waals surface area contributed by atoms with Gasteiger partial charge in [0.2, 0.25) is 5.91 Å². The zero-order valence-corrected chi connectivity index (χ0v) is 13.1. The molecule has 1 rings (SSSR count). The number of anilines is 1. The van der Waals surface area contributed by atoms with Gasteiger partial charge in [0.25, 0.3) is 0 Å². The Kier molecular flexibility index (Phi) is 6.92. The van der Waals surface area contributed by atoms with E-state index in [0.717, 1.165) is 6.42 Å². The van der Waals surface area contributed by atoms with Crippen LogP contribution in [0.15, 0.2) is 24.3 Å². The van der Waals surface area contributed by atoms with Crippen molar-refractivity contribution in [1.82, 2.24) is 0 Å². The van der Waals surface area contributed by atoms with Gasteiger partial charge in [-0.25, -0.2) is 0 Å². The summed E-state index contributed by atoms with van der Waals surface area (Å²) in [5, 5.41) is 11.7. The van der Waals surface area contributed by atoms with Gasteiger partial charge in [-0.05, 0) is 30.5 Å². The van der Waals surface area contributed by atoms with Crippen molar-refractivity contribution in [2.75, 3.05) is 5.32 Å². The average Bonchev–Trinajstić information content (AvgIpc) is 2.47. The molecule has 4 heteroatoms. The summed E-state index contributed by atoms with van der Waals surface area (Å²) in [5.74, 6) is -2.47. The monoisotopic (exact) mass is 291 g/mol. The Morgan fingerprint density at radius 3 is 2.24 bits per heavy atom. The molecule has 0 heterocycles. The highest BCUT2D eigenvalue weighted by Gasteiger charge is 2.25. The van der Waals surface area contributed by atoms with Crippen molar-refractivity contribution in [1.29, 1.82) is 0 Å². The molecule has 2 atom stereocenters. The van der Waals surface area contributed by atoms with E-state index in [2.05, 4.69) is 12.2 Å². The lowest BCUT2D eigenvalue weighted by atomic mass is 9.95. The Bertz CT molecular complexity index is 467. The number of carbonyl (C=O) groups is 2. The number of carboxylic acid groups (broad SMARTS) is 1. The average molecular weight is 291 g/mol. The Morgan fingerprint density at radius 2 is 1.71 bits per heavy atom. The fourth-order valence-corrected chi connectivity index (χ4v) is 2.03. The molecule has 0 fully saturated rings. The highest BCUT2D eigenvalue weighted by molar-refractivity contribution is 5.94. The minimum absolute atomic E-state index is 0.261. The van der Waals surface area contributed by atoms with Crippen molar-refractivity contribution >= 4 is 17.6 Å². The van der Waals surface area contributed by atoms with Crippen LogP contribution in [0.25, 0.3) is 0 Å². The number of hydrogen-bond acceptors (Lipinski definition) is 2. The lowest BCUT2D eigenvalue weighted by Gasteiger charge is -2.16. The lowest BCUT2D eigenvalue weighted by molar-refractivity contribution is -0.145.